The van der Waals surface area contributed by atoms with E-state index in [-0.39, 0.29) is 19.4 Å². The van der Waals surface area contributed by atoms with Gasteiger partial charge in [0.2, 0.25) is 21.8 Å². The summed E-state index contributed by atoms with van der Waals surface area (Å²) in [5.74, 6) is -1.97. The SMILES string of the molecule is CC(C)(C)OC(=O)N[C@@H]1C(=O)N2C[C@H](NC(N)=O)C[C@H]2C(=O)N[C@]2(C(=O)NS(=O)(=O)C3CC3)C[C@H]2/C=C/CCSC1(C)C. The van der Waals surface area contributed by atoms with Crippen molar-refractivity contribution in [3.8, 4) is 0 Å². The van der Waals surface area contributed by atoms with E-state index in [4.69, 9.17) is 10.5 Å². The number of nitrogens with zero attached hydrogens (tertiary/aromatic N) is 1. The summed E-state index contributed by atoms with van der Waals surface area (Å²) < 4.78 is 31.9. The van der Waals surface area contributed by atoms with Gasteiger partial charge in [-0.2, -0.15) is 11.8 Å². The van der Waals surface area contributed by atoms with Gasteiger partial charge in [-0.15, -0.1) is 0 Å². The Morgan fingerprint density at radius 1 is 1.16 bits per heavy atom. The van der Waals surface area contributed by atoms with Crippen LogP contribution < -0.4 is 26.4 Å². The zero-order valence-corrected chi connectivity index (χ0v) is 26.7. The van der Waals surface area contributed by atoms with Gasteiger partial charge in [0, 0.05) is 17.2 Å². The van der Waals surface area contributed by atoms with Crippen molar-refractivity contribution in [3.63, 3.8) is 0 Å². The number of rotatable bonds is 5. The molecular formula is C27H42N6O8S2. The fourth-order valence-corrected chi connectivity index (χ4v) is 7.93. The topological polar surface area (TPSA) is 206 Å². The smallest absolute Gasteiger partial charge is 0.408 e. The van der Waals surface area contributed by atoms with E-state index in [1.54, 1.807) is 26.8 Å². The Morgan fingerprint density at radius 2 is 1.84 bits per heavy atom. The molecule has 0 bridgehead atoms. The Bertz CT molecular complexity index is 1310. The second-order valence-corrected chi connectivity index (χ2v) is 16.9. The predicted octanol–water partition coefficient (Wildman–Crippen LogP) is 0.473. The van der Waals surface area contributed by atoms with Gasteiger partial charge in [-0.3, -0.25) is 19.1 Å². The molecule has 0 unspecified atom stereocenters. The minimum atomic E-state index is -3.88. The maximum Gasteiger partial charge on any atom is 0.408 e. The third-order valence-electron chi connectivity index (χ3n) is 7.93. The monoisotopic (exact) mass is 642 g/mol. The molecule has 0 aromatic heterocycles. The number of urea groups is 1. The van der Waals surface area contributed by atoms with Crippen LogP contribution in [-0.4, -0.2) is 94.7 Å². The van der Waals surface area contributed by atoms with E-state index in [1.807, 2.05) is 19.9 Å². The molecule has 16 heteroatoms. The molecule has 0 aromatic carbocycles. The number of sulfonamides is 1. The lowest BCUT2D eigenvalue weighted by Crippen LogP contribution is -2.61. The Morgan fingerprint density at radius 3 is 2.44 bits per heavy atom. The molecule has 2 aliphatic heterocycles. The van der Waals surface area contributed by atoms with Gasteiger partial charge in [0.1, 0.15) is 23.2 Å². The average Bonchev–Trinajstić information content (AvgIpc) is 3.77. The van der Waals surface area contributed by atoms with Crippen LogP contribution in [0.15, 0.2) is 12.2 Å². The summed E-state index contributed by atoms with van der Waals surface area (Å²) in [5.41, 5.74) is 3.01. The number of thioether (sulfide) groups is 1. The lowest BCUT2D eigenvalue weighted by molar-refractivity contribution is -0.141. The number of primary amides is 1. The minimum Gasteiger partial charge on any atom is -0.444 e. The maximum atomic E-state index is 14.2. The van der Waals surface area contributed by atoms with Gasteiger partial charge >= 0.3 is 12.1 Å². The van der Waals surface area contributed by atoms with Crippen LogP contribution in [-0.2, 0) is 29.1 Å². The summed E-state index contributed by atoms with van der Waals surface area (Å²) in [6, 6.07) is -3.79. The van der Waals surface area contributed by atoms with Crippen molar-refractivity contribution < 1.29 is 37.1 Å². The molecular weight excluding hydrogens is 600 g/mol. The highest BCUT2D eigenvalue weighted by Crippen LogP contribution is 2.46. The second-order valence-electron chi connectivity index (χ2n) is 13.1. The zero-order chi connectivity index (χ0) is 32.0. The molecule has 5 atom stereocenters. The van der Waals surface area contributed by atoms with Crippen molar-refractivity contribution in [1.29, 1.82) is 0 Å². The van der Waals surface area contributed by atoms with Crippen LogP contribution in [0.1, 0.15) is 66.7 Å². The van der Waals surface area contributed by atoms with Gasteiger partial charge in [-0.25, -0.2) is 18.0 Å². The lowest BCUT2D eigenvalue weighted by atomic mass is 10.0. The van der Waals surface area contributed by atoms with Crippen LogP contribution in [0.3, 0.4) is 0 Å². The molecule has 6 N–H and O–H groups in total. The number of amides is 6. The third kappa shape index (κ3) is 7.75. The van der Waals surface area contributed by atoms with Crippen molar-refractivity contribution in [1.82, 2.24) is 25.6 Å². The highest BCUT2D eigenvalue weighted by atomic mass is 32.2. The van der Waals surface area contributed by atoms with Crippen molar-refractivity contribution in [3.05, 3.63) is 12.2 Å². The number of fused-ring (bicyclic) bond motifs is 2. The number of hydrogen-bond donors (Lipinski definition) is 5. The fraction of sp³-hybridized carbons (Fsp3) is 0.741. The zero-order valence-electron chi connectivity index (χ0n) is 25.1. The summed E-state index contributed by atoms with van der Waals surface area (Å²) in [4.78, 5) is 67.3. The summed E-state index contributed by atoms with van der Waals surface area (Å²) in [5, 5.41) is 7.37. The van der Waals surface area contributed by atoms with Gasteiger partial charge in [0.25, 0.3) is 5.91 Å². The van der Waals surface area contributed by atoms with Crippen LogP contribution in [0, 0.1) is 5.92 Å². The molecule has 2 heterocycles. The molecule has 240 valence electrons. The Kier molecular flexibility index (Phi) is 9.04. The number of nitrogens with one attached hydrogen (secondary N) is 4. The van der Waals surface area contributed by atoms with E-state index in [9.17, 15) is 32.4 Å². The van der Waals surface area contributed by atoms with Crippen LogP contribution >= 0.6 is 11.8 Å². The average molecular weight is 643 g/mol. The largest absolute Gasteiger partial charge is 0.444 e. The quantitative estimate of drug-likeness (QED) is 0.264. The van der Waals surface area contributed by atoms with E-state index in [0.717, 1.165) is 0 Å². The van der Waals surface area contributed by atoms with Crippen molar-refractivity contribution in [2.24, 2.45) is 11.7 Å². The van der Waals surface area contributed by atoms with Crippen LogP contribution in [0.25, 0.3) is 0 Å². The summed E-state index contributed by atoms with van der Waals surface area (Å²) in [6.45, 7) is 8.64. The molecule has 0 spiro atoms. The van der Waals surface area contributed by atoms with Crippen molar-refractivity contribution in [2.45, 2.75) is 106 Å². The Labute approximate surface area is 256 Å². The molecule has 14 nitrogen and oxygen atoms in total. The Hall–Kier alpha value is -3.01. The molecule has 0 aromatic rings. The van der Waals surface area contributed by atoms with Gasteiger partial charge in [-0.1, -0.05) is 12.2 Å². The first-order valence-electron chi connectivity index (χ1n) is 14.4. The highest BCUT2D eigenvalue weighted by molar-refractivity contribution is 8.00. The fourth-order valence-electron chi connectivity index (χ4n) is 5.46. The third-order valence-corrected chi connectivity index (χ3v) is 11.2. The van der Waals surface area contributed by atoms with Gasteiger partial charge in [0.15, 0.2) is 0 Å². The van der Waals surface area contributed by atoms with Gasteiger partial charge in [0.05, 0.1) is 11.3 Å². The lowest BCUT2D eigenvalue weighted by Gasteiger charge is -2.37. The molecule has 3 fully saturated rings. The number of carbonyl (C=O) groups excluding carboxylic acids is 5. The maximum absolute atomic E-state index is 14.2. The van der Waals surface area contributed by atoms with Crippen LogP contribution in [0.5, 0.6) is 0 Å². The molecule has 43 heavy (non-hydrogen) atoms. The number of alkyl carbamates (subject to hydrolysis) is 1. The van der Waals surface area contributed by atoms with E-state index in [2.05, 4.69) is 20.7 Å². The van der Waals surface area contributed by atoms with Crippen molar-refractivity contribution >= 4 is 51.6 Å². The first-order chi connectivity index (χ1) is 19.8. The Balaban J connectivity index is 1.67. The van der Waals surface area contributed by atoms with E-state index < -0.39 is 85.0 Å². The summed E-state index contributed by atoms with van der Waals surface area (Å²) in [7, 11) is -3.88. The van der Waals surface area contributed by atoms with Crippen LogP contribution in [0.2, 0.25) is 0 Å². The standard InChI is InChI=1S/C27H42N6O8S2/c1-25(2,3)41-24(38)30-19-21(35)33-14-16(29-23(28)37)12-18(33)20(34)31-27(22(36)32-43(39,40)17-9-10-17)13-15(27)8-6-7-11-42-26(19,4)5/h6,8,15-19H,7,9-14H2,1-5H3,(H,30,38)(H,31,34)(H,32,36)(H3,28,29,37)/b8-6+/t15-,16-,18+,19-,27-/m1/s1. The first-order valence-corrected chi connectivity index (χ1v) is 16.9. The number of hydrogen-bond acceptors (Lipinski definition) is 9. The minimum absolute atomic E-state index is 0.00812. The van der Waals surface area contributed by atoms with E-state index in [0.29, 0.717) is 25.0 Å². The number of allylic oxidation sites excluding steroid dienone is 1. The molecule has 4 rings (SSSR count). The first kappa shape index (κ1) is 32.9. The number of ether oxygens (including phenoxy) is 1. The predicted molar refractivity (Wildman–Crippen MR) is 159 cm³/mol. The summed E-state index contributed by atoms with van der Waals surface area (Å²) in [6.07, 6.45) is 4.52. The van der Waals surface area contributed by atoms with Gasteiger partial charge < -0.3 is 31.3 Å². The van der Waals surface area contributed by atoms with Crippen molar-refractivity contribution in [2.75, 3.05) is 12.3 Å². The molecule has 6 amide bonds. The molecule has 2 saturated carbocycles. The molecule has 1 saturated heterocycles. The van der Waals surface area contributed by atoms with Crippen LogP contribution in [0.4, 0.5) is 9.59 Å². The number of nitrogens with two attached hydrogens (primary N) is 1. The molecule has 2 aliphatic carbocycles. The molecule has 4 aliphatic rings. The molecule has 0 radical (unpaired) electrons. The van der Waals surface area contributed by atoms with E-state index in [1.165, 1.54) is 16.7 Å². The summed E-state index contributed by atoms with van der Waals surface area (Å²) >= 11 is 1.44. The second kappa shape index (κ2) is 11.8. The van der Waals surface area contributed by atoms with Gasteiger partial charge in [-0.05, 0) is 72.5 Å². The van der Waals surface area contributed by atoms with E-state index >= 15 is 0 Å². The normalized spacial score (nSPS) is 31.8. The highest BCUT2D eigenvalue weighted by Gasteiger charge is 2.62. The number of carbonyl (C=O) groups is 5.